The van der Waals surface area contributed by atoms with Gasteiger partial charge in [0.05, 0.1) is 12.4 Å². The zero-order valence-corrected chi connectivity index (χ0v) is 21.1. The number of primary amides is 1. The minimum absolute atomic E-state index is 0.113. The van der Waals surface area contributed by atoms with Gasteiger partial charge in [-0.05, 0) is 31.3 Å². The summed E-state index contributed by atoms with van der Waals surface area (Å²) in [6.45, 7) is 0. The maximum Gasteiger partial charge on any atom is 0.326 e. The van der Waals surface area contributed by atoms with E-state index < -0.39 is 59.7 Å². The van der Waals surface area contributed by atoms with Gasteiger partial charge < -0.3 is 42.6 Å². The Morgan fingerprint density at radius 2 is 1.54 bits per heavy atom. The fourth-order valence-electron chi connectivity index (χ4n) is 3.11. The molecule has 0 aromatic carbocycles. The summed E-state index contributed by atoms with van der Waals surface area (Å²) in [5.41, 5.74) is 11.4. The van der Waals surface area contributed by atoms with Gasteiger partial charge in [-0.15, -0.1) is 0 Å². The first-order valence-electron chi connectivity index (χ1n) is 11.3. The summed E-state index contributed by atoms with van der Waals surface area (Å²) in [6.07, 6.45) is 3.60. The molecule has 15 nitrogen and oxygen atoms in total. The fraction of sp³-hybridized carbons (Fsp3) is 0.571. The molecule has 0 spiro atoms. The van der Waals surface area contributed by atoms with Crippen molar-refractivity contribution in [2.24, 2.45) is 11.5 Å². The number of nitrogens with two attached hydrogens (primary N) is 2. The zero-order chi connectivity index (χ0) is 28.0. The minimum atomic E-state index is -1.36. The van der Waals surface area contributed by atoms with E-state index in [0.29, 0.717) is 11.4 Å². The number of amides is 4. The molecule has 10 N–H and O–H groups in total. The van der Waals surface area contributed by atoms with Crippen LogP contribution in [0.25, 0.3) is 0 Å². The van der Waals surface area contributed by atoms with Gasteiger partial charge in [0.25, 0.3) is 0 Å². The Morgan fingerprint density at radius 3 is 2.05 bits per heavy atom. The monoisotopic (exact) mass is 543 g/mol. The highest BCUT2D eigenvalue weighted by atomic mass is 32.2. The molecule has 206 valence electrons. The zero-order valence-electron chi connectivity index (χ0n) is 20.3. The van der Waals surface area contributed by atoms with Gasteiger partial charge in [-0.1, -0.05) is 0 Å². The van der Waals surface area contributed by atoms with Gasteiger partial charge in [-0.2, -0.15) is 11.8 Å². The van der Waals surface area contributed by atoms with Crippen LogP contribution in [0.1, 0.15) is 37.8 Å². The first-order valence-corrected chi connectivity index (χ1v) is 12.7. The summed E-state index contributed by atoms with van der Waals surface area (Å²) in [5.74, 6) is -5.13. The molecule has 1 rings (SSSR count). The maximum atomic E-state index is 13.0. The number of nitrogens with one attached hydrogen (secondary N) is 4. The predicted octanol–water partition coefficient (Wildman–Crippen LogP) is -2.30. The summed E-state index contributed by atoms with van der Waals surface area (Å²) in [5, 5.41) is 25.5. The lowest BCUT2D eigenvalue weighted by Gasteiger charge is -2.25. The second-order valence-electron chi connectivity index (χ2n) is 8.13. The lowest BCUT2D eigenvalue weighted by atomic mass is 10.1. The average Bonchev–Trinajstić information content (AvgIpc) is 3.34. The number of aliphatic carboxylic acids is 2. The van der Waals surface area contributed by atoms with Crippen LogP contribution < -0.4 is 27.4 Å². The number of imidazole rings is 1. The van der Waals surface area contributed by atoms with Gasteiger partial charge in [-0.3, -0.25) is 24.0 Å². The number of thioether (sulfide) groups is 1. The number of nitrogens with zero attached hydrogens (tertiary/aromatic N) is 1. The number of aromatic amines is 1. The number of rotatable bonds is 18. The Bertz CT molecular complexity index is 943. The van der Waals surface area contributed by atoms with Crippen molar-refractivity contribution in [2.45, 2.75) is 62.7 Å². The van der Waals surface area contributed by atoms with Crippen LogP contribution in [-0.2, 0) is 35.2 Å². The minimum Gasteiger partial charge on any atom is -0.481 e. The molecule has 0 aliphatic rings. The molecule has 0 fully saturated rings. The molecular weight excluding hydrogens is 510 g/mol. The SMILES string of the molecule is CSCCC(NC(=O)C(N)CCC(=O)O)C(=O)NC(CCC(N)=O)C(=O)NC(Cc1cnc[nH]1)C(=O)O. The Balaban J connectivity index is 2.97. The van der Waals surface area contributed by atoms with Crippen LogP contribution >= 0.6 is 11.8 Å². The van der Waals surface area contributed by atoms with E-state index in [1.807, 2.05) is 0 Å². The second kappa shape index (κ2) is 16.2. The number of H-pyrrole nitrogens is 1. The molecule has 0 saturated heterocycles. The summed E-state index contributed by atoms with van der Waals surface area (Å²) in [7, 11) is 0. The van der Waals surface area contributed by atoms with Crippen molar-refractivity contribution < 1.29 is 39.0 Å². The van der Waals surface area contributed by atoms with Gasteiger partial charge >= 0.3 is 11.9 Å². The molecule has 0 bridgehead atoms. The summed E-state index contributed by atoms with van der Waals surface area (Å²) in [4.78, 5) is 78.6. The molecule has 37 heavy (non-hydrogen) atoms. The summed E-state index contributed by atoms with van der Waals surface area (Å²) < 4.78 is 0. The van der Waals surface area contributed by atoms with Crippen LogP contribution in [0.2, 0.25) is 0 Å². The lowest BCUT2D eigenvalue weighted by Crippen LogP contribution is -2.57. The number of carboxylic acids is 2. The van der Waals surface area contributed by atoms with E-state index in [-0.39, 0.29) is 38.5 Å². The lowest BCUT2D eigenvalue weighted by molar-refractivity contribution is -0.142. The second-order valence-corrected chi connectivity index (χ2v) is 9.11. The van der Waals surface area contributed by atoms with Crippen molar-refractivity contribution in [3.8, 4) is 0 Å². The van der Waals surface area contributed by atoms with Crippen LogP contribution in [0, 0.1) is 0 Å². The third kappa shape index (κ3) is 12.2. The van der Waals surface area contributed by atoms with E-state index in [1.165, 1.54) is 24.3 Å². The van der Waals surface area contributed by atoms with E-state index in [9.17, 15) is 33.9 Å². The number of carbonyl (C=O) groups excluding carboxylic acids is 4. The van der Waals surface area contributed by atoms with E-state index >= 15 is 0 Å². The summed E-state index contributed by atoms with van der Waals surface area (Å²) >= 11 is 1.40. The van der Waals surface area contributed by atoms with Gasteiger partial charge in [0.1, 0.15) is 18.1 Å². The molecule has 1 heterocycles. The molecular formula is C21H33N7O8S. The van der Waals surface area contributed by atoms with Crippen molar-refractivity contribution in [3.63, 3.8) is 0 Å². The van der Waals surface area contributed by atoms with Crippen molar-refractivity contribution in [1.82, 2.24) is 25.9 Å². The highest BCUT2D eigenvalue weighted by Crippen LogP contribution is 2.07. The Hall–Kier alpha value is -3.66. The third-order valence-corrected chi connectivity index (χ3v) is 5.80. The van der Waals surface area contributed by atoms with Crippen molar-refractivity contribution in [3.05, 3.63) is 18.2 Å². The smallest absolute Gasteiger partial charge is 0.326 e. The molecule has 4 unspecified atom stereocenters. The third-order valence-electron chi connectivity index (χ3n) is 5.16. The van der Waals surface area contributed by atoms with Gasteiger partial charge in [-0.25, -0.2) is 9.78 Å². The molecule has 1 aromatic heterocycles. The largest absolute Gasteiger partial charge is 0.481 e. The van der Waals surface area contributed by atoms with Gasteiger partial charge in [0.15, 0.2) is 0 Å². The Morgan fingerprint density at radius 1 is 0.946 bits per heavy atom. The molecule has 0 saturated carbocycles. The van der Waals surface area contributed by atoms with Crippen molar-refractivity contribution in [1.29, 1.82) is 0 Å². The number of carbonyl (C=O) groups is 6. The van der Waals surface area contributed by atoms with Crippen molar-refractivity contribution in [2.75, 3.05) is 12.0 Å². The first-order chi connectivity index (χ1) is 17.4. The molecule has 0 radical (unpaired) electrons. The van der Waals surface area contributed by atoms with Crippen LogP contribution in [0.3, 0.4) is 0 Å². The topological polar surface area (TPSA) is 260 Å². The van der Waals surface area contributed by atoms with Crippen LogP contribution in [0.5, 0.6) is 0 Å². The number of carboxylic acid groups (broad SMARTS) is 2. The maximum absolute atomic E-state index is 13.0. The van der Waals surface area contributed by atoms with Crippen LogP contribution in [0.15, 0.2) is 12.5 Å². The van der Waals surface area contributed by atoms with Gasteiger partial charge in [0, 0.05) is 31.2 Å². The molecule has 4 amide bonds. The summed E-state index contributed by atoms with van der Waals surface area (Å²) in [6, 6.07) is -4.99. The number of hydrogen-bond donors (Lipinski definition) is 8. The predicted molar refractivity (Wildman–Crippen MR) is 132 cm³/mol. The van der Waals surface area contributed by atoms with Crippen molar-refractivity contribution >= 4 is 47.3 Å². The molecule has 0 aliphatic carbocycles. The highest BCUT2D eigenvalue weighted by molar-refractivity contribution is 7.98. The Labute approximate surface area is 216 Å². The van der Waals surface area contributed by atoms with Gasteiger partial charge in [0.2, 0.25) is 23.6 Å². The van der Waals surface area contributed by atoms with E-state index in [4.69, 9.17) is 16.6 Å². The normalized spacial score (nSPS) is 14.0. The quantitative estimate of drug-likeness (QED) is 0.0976. The molecule has 16 heteroatoms. The molecule has 1 aromatic rings. The molecule has 4 atom stereocenters. The standard InChI is InChI=1S/C21H33N7O8S/c1-37-7-6-14(26-18(32)12(22)2-5-17(30)31)20(34)27-13(3-4-16(23)29)19(33)28-15(21(35)36)8-11-9-24-10-25-11/h9-10,12-15H,2-8,22H2,1H3,(H2,23,29)(H,24,25)(H,26,32)(H,27,34)(H,28,33)(H,30,31)(H,35,36). The van der Waals surface area contributed by atoms with E-state index in [2.05, 4.69) is 25.9 Å². The highest BCUT2D eigenvalue weighted by Gasteiger charge is 2.30. The first kappa shape index (κ1) is 31.4. The van der Waals surface area contributed by atoms with Crippen LogP contribution in [0.4, 0.5) is 0 Å². The Kier molecular flexibility index (Phi) is 13.7. The number of aromatic nitrogens is 2. The number of hydrogen-bond acceptors (Lipinski definition) is 9. The molecule has 0 aliphatic heterocycles. The van der Waals surface area contributed by atoms with E-state index in [1.54, 1.807) is 6.26 Å². The fourth-order valence-corrected chi connectivity index (χ4v) is 3.58. The average molecular weight is 544 g/mol. The van der Waals surface area contributed by atoms with E-state index in [0.717, 1.165) is 0 Å². The van der Waals surface area contributed by atoms with Crippen LogP contribution in [-0.4, -0.2) is 91.9 Å².